The second-order valence-electron chi connectivity index (χ2n) is 5.36. The zero-order valence-corrected chi connectivity index (χ0v) is 16.2. The lowest BCUT2D eigenvalue weighted by atomic mass is 10.2. The Bertz CT molecular complexity index is 971. The Hall–Kier alpha value is -2.90. The smallest absolute Gasteiger partial charge is 0.250 e. The van der Waals surface area contributed by atoms with Crippen LogP contribution in [-0.2, 0) is 4.79 Å². The fourth-order valence-corrected chi connectivity index (χ4v) is 3.14. The highest BCUT2D eigenvalue weighted by Crippen LogP contribution is 2.29. The van der Waals surface area contributed by atoms with Crippen LogP contribution in [0.25, 0.3) is 16.6 Å². The third-order valence-corrected chi connectivity index (χ3v) is 4.72. The van der Waals surface area contributed by atoms with Crippen LogP contribution in [0.5, 0.6) is 11.5 Å². The van der Waals surface area contributed by atoms with Gasteiger partial charge in [0.2, 0.25) is 11.0 Å². The average Bonchev–Trinajstić information content (AvgIpc) is 3.15. The molecule has 138 valence electrons. The molecule has 1 heterocycles. The number of rotatable bonds is 6. The van der Waals surface area contributed by atoms with E-state index in [1.165, 1.54) is 17.4 Å². The molecule has 0 saturated heterocycles. The number of nitrogens with zero attached hydrogens (tertiary/aromatic N) is 2. The highest BCUT2D eigenvalue weighted by atomic mass is 35.5. The standard InChI is InChI=1S/C19H16ClN3O3S/c1-25-15-9-3-12(11-16(15)26-2)4-10-17(24)21-19-23-22-18(27-19)13-5-7-14(20)8-6-13/h3-11H,1-2H3,(H,21,23,24). The molecule has 1 amide bonds. The van der Waals surface area contributed by atoms with Gasteiger partial charge in [-0.25, -0.2) is 0 Å². The lowest BCUT2D eigenvalue weighted by Crippen LogP contribution is -2.07. The van der Waals surface area contributed by atoms with Crippen molar-refractivity contribution >= 4 is 40.1 Å². The number of carbonyl (C=O) groups excluding carboxylic acids is 1. The molecular weight excluding hydrogens is 386 g/mol. The van der Waals surface area contributed by atoms with E-state index < -0.39 is 0 Å². The summed E-state index contributed by atoms with van der Waals surface area (Å²) in [5, 5.41) is 12.5. The van der Waals surface area contributed by atoms with Gasteiger partial charge in [0.1, 0.15) is 5.01 Å². The number of anilines is 1. The Balaban J connectivity index is 1.66. The highest BCUT2D eigenvalue weighted by Gasteiger charge is 2.08. The first-order valence-corrected chi connectivity index (χ1v) is 9.09. The van der Waals surface area contributed by atoms with E-state index in [4.69, 9.17) is 21.1 Å². The molecular formula is C19H16ClN3O3S. The van der Waals surface area contributed by atoms with Crippen LogP contribution >= 0.6 is 22.9 Å². The van der Waals surface area contributed by atoms with Gasteiger partial charge in [-0.15, -0.1) is 10.2 Å². The summed E-state index contributed by atoms with van der Waals surface area (Å²) in [6.07, 6.45) is 3.10. The van der Waals surface area contributed by atoms with Gasteiger partial charge in [0, 0.05) is 16.7 Å². The molecule has 0 bridgehead atoms. The molecule has 3 rings (SSSR count). The SMILES string of the molecule is COc1ccc(C=CC(=O)Nc2nnc(-c3ccc(Cl)cc3)s2)cc1OC. The quantitative estimate of drug-likeness (QED) is 0.614. The number of hydrogen-bond acceptors (Lipinski definition) is 6. The molecule has 2 aromatic carbocycles. The summed E-state index contributed by atoms with van der Waals surface area (Å²) in [6, 6.07) is 12.7. The third kappa shape index (κ3) is 4.84. The molecule has 0 spiro atoms. The van der Waals surface area contributed by atoms with E-state index in [1.807, 2.05) is 18.2 Å². The number of carbonyl (C=O) groups is 1. The predicted octanol–water partition coefficient (Wildman–Crippen LogP) is 4.53. The Morgan fingerprint density at radius 1 is 1.07 bits per heavy atom. The predicted molar refractivity (Wildman–Crippen MR) is 108 cm³/mol. The first-order valence-electron chi connectivity index (χ1n) is 7.89. The van der Waals surface area contributed by atoms with Crippen LogP contribution in [0.15, 0.2) is 48.5 Å². The fraction of sp³-hybridized carbons (Fsp3) is 0.105. The number of nitrogens with one attached hydrogen (secondary N) is 1. The van der Waals surface area contributed by atoms with Crippen LogP contribution in [0.1, 0.15) is 5.56 Å². The van der Waals surface area contributed by atoms with Crippen molar-refractivity contribution in [3.05, 3.63) is 59.1 Å². The van der Waals surface area contributed by atoms with E-state index in [2.05, 4.69) is 15.5 Å². The number of halogens is 1. The Labute approximate surface area is 165 Å². The molecule has 0 aliphatic rings. The summed E-state index contributed by atoms with van der Waals surface area (Å²) in [5.74, 6) is 0.920. The van der Waals surface area contributed by atoms with E-state index >= 15 is 0 Å². The molecule has 3 aromatic rings. The van der Waals surface area contributed by atoms with E-state index in [9.17, 15) is 4.79 Å². The molecule has 1 aromatic heterocycles. The summed E-state index contributed by atoms with van der Waals surface area (Å²) < 4.78 is 10.4. The molecule has 0 radical (unpaired) electrons. The molecule has 0 aliphatic heterocycles. The van der Waals surface area contributed by atoms with Crippen molar-refractivity contribution in [2.24, 2.45) is 0 Å². The monoisotopic (exact) mass is 401 g/mol. The summed E-state index contributed by atoms with van der Waals surface area (Å²) in [5.41, 5.74) is 1.69. The largest absolute Gasteiger partial charge is 0.493 e. The number of hydrogen-bond donors (Lipinski definition) is 1. The highest BCUT2D eigenvalue weighted by molar-refractivity contribution is 7.18. The number of amides is 1. The first-order chi connectivity index (χ1) is 13.1. The van der Waals surface area contributed by atoms with Gasteiger partial charge in [0.15, 0.2) is 11.5 Å². The number of ether oxygens (including phenoxy) is 2. The molecule has 0 unspecified atom stereocenters. The molecule has 0 atom stereocenters. The lowest BCUT2D eigenvalue weighted by molar-refractivity contribution is -0.111. The van der Waals surface area contributed by atoms with E-state index in [0.717, 1.165) is 11.1 Å². The van der Waals surface area contributed by atoms with Crippen molar-refractivity contribution in [2.45, 2.75) is 0 Å². The van der Waals surface area contributed by atoms with Gasteiger partial charge >= 0.3 is 0 Å². The van der Waals surface area contributed by atoms with Gasteiger partial charge in [-0.1, -0.05) is 41.1 Å². The molecule has 0 aliphatic carbocycles. The maximum Gasteiger partial charge on any atom is 0.250 e. The third-order valence-electron chi connectivity index (χ3n) is 3.58. The Morgan fingerprint density at radius 2 is 1.81 bits per heavy atom. The van der Waals surface area contributed by atoms with Gasteiger partial charge < -0.3 is 9.47 Å². The number of methoxy groups -OCH3 is 2. The maximum absolute atomic E-state index is 12.1. The van der Waals surface area contributed by atoms with Crippen molar-refractivity contribution in [3.63, 3.8) is 0 Å². The molecule has 0 fully saturated rings. The summed E-state index contributed by atoms with van der Waals surface area (Å²) in [7, 11) is 3.13. The first kappa shape index (κ1) is 18.9. The number of aromatic nitrogens is 2. The Kier molecular flexibility index (Phi) is 6.05. The van der Waals surface area contributed by atoms with Gasteiger partial charge in [0.05, 0.1) is 14.2 Å². The van der Waals surface area contributed by atoms with Crippen molar-refractivity contribution in [3.8, 4) is 22.1 Å². The molecule has 27 heavy (non-hydrogen) atoms. The molecule has 0 saturated carbocycles. The summed E-state index contributed by atoms with van der Waals surface area (Å²) >= 11 is 7.17. The zero-order chi connectivity index (χ0) is 19.2. The minimum atomic E-state index is -0.302. The van der Waals surface area contributed by atoms with Crippen LogP contribution in [0.2, 0.25) is 5.02 Å². The second kappa shape index (κ2) is 8.66. The maximum atomic E-state index is 12.1. The van der Waals surface area contributed by atoms with E-state index in [1.54, 1.807) is 44.6 Å². The average molecular weight is 402 g/mol. The second-order valence-corrected chi connectivity index (χ2v) is 6.77. The Morgan fingerprint density at radius 3 is 2.52 bits per heavy atom. The topological polar surface area (TPSA) is 73.3 Å². The van der Waals surface area contributed by atoms with Crippen LogP contribution < -0.4 is 14.8 Å². The molecule has 6 nitrogen and oxygen atoms in total. The molecule has 1 N–H and O–H groups in total. The summed E-state index contributed by atoms with van der Waals surface area (Å²) in [6.45, 7) is 0. The van der Waals surface area contributed by atoms with Gasteiger partial charge in [-0.05, 0) is 35.9 Å². The number of benzene rings is 2. The fourth-order valence-electron chi connectivity index (χ4n) is 2.26. The van der Waals surface area contributed by atoms with Crippen molar-refractivity contribution in [1.82, 2.24) is 10.2 Å². The van der Waals surface area contributed by atoms with Crippen LogP contribution in [0.3, 0.4) is 0 Å². The molecule has 8 heteroatoms. The zero-order valence-electron chi connectivity index (χ0n) is 14.6. The lowest BCUT2D eigenvalue weighted by Gasteiger charge is -2.07. The van der Waals surface area contributed by atoms with Gasteiger partial charge in [-0.3, -0.25) is 10.1 Å². The summed E-state index contributed by atoms with van der Waals surface area (Å²) in [4.78, 5) is 12.1. The van der Waals surface area contributed by atoms with E-state index in [0.29, 0.717) is 26.7 Å². The van der Waals surface area contributed by atoms with Crippen molar-refractivity contribution in [1.29, 1.82) is 0 Å². The van der Waals surface area contributed by atoms with Crippen LogP contribution in [0.4, 0.5) is 5.13 Å². The minimum Gasteiger partial charge on any atom is -0.493 e. The van der Waals surface area contributed by atoms with Gasteiger partial charge in [-0.2, -0.15) is 0 Å². The minimum absolute atomic E-state index is 0.302. The van der Waals surface area contributed by atoms with Crippen molar-refractivity contribution < 1.29 is 14.3 Å². The van der Waals surface area contributed by atoms with Crippen LogP contribution in [0, 0.1) is 0 Å². The van der Waals surface area contributed by atoms with Crippen molar-refractivity contribution in [2.75, 3.05) is 19.5 Å². The van der Waals surface area contributed by atoms with E-state index in [-0.39, 0.29) is 5.91 Å². The van der Waals surface area contributed by atoms with Gasteiger partial charge in [0.25, 0.3) is 0 Å². The van der Waals surface area contributed by atoms with Crippen LogP contribution in [-0.4, -0.2) is 30.3 Å². The normalized spacial score (nSPS) is 10.8.